The Labute approximate surface area is 54.8 Å². The van der Waals surface area contributed by atoms with Crippen LogP contribution in [0.15, 0.2) is 10.8 Å². The molecule has 52 valence electrons. The molecular formula is C6H12N2O. The van der Waals surface area contributed by atoms with Gasteiger partial charge in [-0.05, 0) is 6.92 Å². The van der Waals surface area contributed by atoms with Crippen LogP contribution < -0.4 is 5.73 Å². The number of anilines is 1. The van der Waals surface area contributed by atoms with Gasteiger partial charge in [-0.2, -0.15) is 0 Å². The minimum absolute atomic E-state index is 0.611. The van der Waals surface area contributed by atoms with E-state index in [0.717, 1.165) is 5.69 Å². The fraction of sp³-hybridized carbons (Fsp3) is 0.500. The lowest BCUT2D eigenvalue weighted by Crippen LogP contribution is -1.82. The van der Waals surface area contributed by atoms with Gasteiger partial charge in [0.25, 0.3) is 0 Å². The van der Waals surface area contributed by atoms with Gasteiger partial charge >= 0.3 is 0 Å². The van der Waals surface area contributed by atoms with Crippen LogP contribution in [0.1, 0.15) is 19.5 Å². The molecule has 0 bridgehead atoms. The van der Waals surface area contributed by atoms with Gasteiger partial charge in [-0.25, -0.2) is 0 Å². The summed E-state index contributed by atoms with van der Waals surface area (Å²) in [4.78, 5) is 0. The second-order valence-corrected chi connectivity index (χ2v) is 1.36. The lowest BCUT2D eigenvalue weighted by molar-refractivity contribution is 0.415. The number of rotatable bonds is 0. The van der Waals surface area contributed by atoms with Gasteiger partial charge in [0.2, 0.25) is 0 Å². The van der Waals surface area contributed by atoms with E-state index < -0.39 is 0 Å². The molecule has 9 heavy (non-hydrogen) atoms. The van der Waals surface area contributed by atoms with Crippen molar-refractivity contribution in [2.24, 2.45) is 0 Å². The van der Waals surface area contributed by atoms with E-state index in [2.05, 4.69) is 9.68 Å². The predicted octanol–water partition coefficient (Wildman–Crippen LogP) is 1.59. The van der Waals surface area contributed by atoms with Crippen LogP contribution in [-0.4, -0.2) is 5.16 Å². The van der Waals surface area contributed by atoms with Gasteiger partial charge in [0.05, 0.1) is 5.69 Å². The van der Waals surface area contributed by atoms with Crippen molar-refractivity contribution in [1.29, 1.82) is 0 Å². The second kappa shape index (κ2) is 3.95. The summed E-state index contributed by atoms with van der Waals surface area (Å²) in [7, 11) is 0. The van der Waals surface area contributed by atoms with Gasteiger partial charge < -0.3 is 10.3 Å². The van der Waals surface area contributed by atoms with E-state index in [9.17, 15) is 0 Å². The lowest BCUT2D eigenvalue weighted by Gasteiger charge is -1.75. The standard InChI is InChI=1S/C4H6N2O.C2H6/c1-3-4(5)2-7-6-3;1-2/h2H,5H2,1H3;1-2H3. The van der Waals surface area contributed by atoms with E-state index in [0.29, 0.717) is 5.69 Å². The van der Waals surface area contributed by atoms with Crippen LogP contribution in [0, 0.1) is 6.92 Å². The van der Waals surface area contributed by atoms with Crippen LogP contribution >= 0.6 is 0 Å². The normalized spacial score (nSPS) is 7.89. The van der Waals surface area contributed by atoms with E-state index in [1.807, 2.05) is 13.8 Å². The van der Waals surface area contributed by atoms with Crippen LogP contribution in [0.4, 0.5) is 5.69 Å². The van der Waals surface area contributed by atoms with E-state index in [4.69, 9.17) is 5.73 Å². The van der Waals surface area contributed by atoms with E-state index >= 15 is 0 Å². The van der Waals surface area contributed by atoms with Crippen LogP contribution in [0.25, 0.3) is 0 Å². The lowest BCUT2D eigenvalue weighted by atomic mass is 10.4. The van der Waals surface area contributed by atoms with Crippen molar-refractivity contribution in [3.63, 3.8) is 0 Å². The Hall–Kier alpha value is -0.990. The maximum atomic E-state index is 5.28. The Morgan fingerprint density at radius 3 is 2.22 bits per heavy atom. The average molecular weight is 128 g/mol. The first-order valence-electron chi connectivity index (χ1n) is 2.97. The molecule has 0 atom stereocenters. The van der Waals surface area contributed by atoms with E-state index in [-0.39, 0.29) is 0 Å². The summed E-state index contributed by atoms with van der Waals surface area (Å²) in [5.74, 6) is 0. The summed E-state index contributed by atoms with van der Waals surface area (Å²) in [5.41, 5.74) is 6.64. The largest absolute Gasteiger partial charge is 0.395 e. The molecule has 0 aromatic carbocycles. The summed E-state index contributed by atoms with van der Waals surface area (Å²) < 4.78 is 4.47. The van der Waals surface area contributed by atoms with Gasteiger partial charge in [-0.1, -0.05) is 19.0 Å². The third-order valence-electron chi connectivity index (χ3n) is 0.787. The zero-order chi connectivity index (χ0) is 7.28. The molecule has 1 aromatic rings. The highest BCUT2D eigenvalue weighted by atomic mass is 16.5. The molecular weight excluding hydrogens is 116 g/mol. The molecule has 0 unspecified atom stereocenters. The second-order valence-electron chi connectivity index (χ2n) is 1.36. The van der Waals surface area contributed by atoms with Gasteiger partial charge in [0.15, 0.2) is 0 Å². The number of hydrogen-bond donors (Lipinski definition) is 1. The summed E-state index contributed by atoms with van der Waals surface area (Å²) in [6.45, 7) is 5.79. The molecule has 1 heterocycles. The molecule has 3 nitrogen and oxygen atoms in total. The van der Waals surface area contributed by atoms with E-state index in [1.54, 1.807) is 6.92 Å². The fourth-order valence-corrected chi connectivity index (χ4v) is 0.300. The zero-order valence-electron chi connectivity index (χ0n) is 6.01. The molecule has 0 amide bonds. The van der Waals surface area contributed by atoms with Crippen molar-refractivity contribution in [2.45, 2.75) is 20.8 Å². The van der Waals surface area contributed by atoms with Gasteiger partial charge in [-0.3, -0.25) is 0 Å². The molecule has 0 saturated heterocycles. The van der Waals surface area contributed by atoms with Gasteiger partial charge in [0, 0.05) is 0 Å². The van der Waals surface area contributed by atoms with Crippen LogP contribution in [-0.2, 0) is 0 Å². The molecule has 0 aliphatic heterocycles. The Bertz CT molecular complexity index is 143. The smallest absolute Gasteiger partial charge is 0.147 e. The van der Waals surface area contributed by atoms with Crippen molar-refractivity contribution in [1.82, 2.24) is 5.16 Å². The first-order chi connectivity index (χ1) is 4.30. The highest BCUT2D eigenvalue weighted by molar-refractivity contribution is 5.37. The first kappa shape index (κ1) is 8.01. The number of aromatic nitrogens is 1. The number of nitrogen functional groups attached to an aromatic ring is 1. The van der Waals surface area contributed by atoms with Crippen molar-refractivity contribution < 1.29 is 4.52 Å². The summed E-state index contributed by atoms with van der Waals surface area (Å²) in [5, 5.41) is 3.52. The number of nitrogens with two attached hydrogens (primary N) is 1. The molecule has 1 rings (SSSR count). The average Bonchev–Trinajstić information content (AvgIpc) is 2.23. The summed E-state index contributed by atoms with van der Waals surface area (Å²) >= 11 is 0. The number of aryl methyl sites for hydroxylation is 1. The molecule has 0 aliphatic rings. The summed E-state index contributed by atoms with van der Waals surface area (Å²) in [6, 6.07) is 0. The quantitative estimate of drug-likeness (QED) is 0.577. The first-order valence-corrected chi connectivity index (χ1v) is 2.97. The highest BCUT2D eigenvalue weighted by Crippen LogP contribution is 2.03. The van der Waals surface area contributed by atoms with Crippen LogP contribution in [0.5, 0.6) is 0 Å². The molecule has 0 aliphatic carbocycles. The Kier molecular flexibility index (Phi) is 3.51. The molecule has 0 saturated carbocycles. The van der Waals surface area contributed by atoms with Crippen LogP contribution in [0.2, 0.25) is 0 Å². The van der Waals surface area contributed by atoms with Gasteiger partial charge in [0.1, 0.15) is 12.0 Å². The van der Waals surface area contributed by atoms with Crippen molar-refractivity contribution >= 4 is 5.69 Å². The van der Waals surface area contributed by atoms with Crippen LogP contribution in [0.3, 0.4) is 0 Å². The Morgan fingerprint density at radius 2 is 2.11 bits per heavy atom. The zero-order valence-corrected chi connectivity index (χ0v) is 6.01. The minimum Gasteiger partial charge on any atom is -0.395 e. The minimum atomic E-state index is 0.611. The molecule has 3 heteroatoms. The molecule has 0 fully saturated rings. The molecule has 0 spiro atoms. The molecule has 0 radical (unpaired) electrons. The maximum Gasteiger partial charge on any atom is 0.147 e. The monoisotopic (exact) mass is 128 g/mol. The third-order valence-corrected chi connectivity index (χ3v) is 0.787. The predicted molar refractivity (Wildman–Crippen MR) is 37.0 cm³/mol. The number of hydrogen-bond acceptors (Lipinski definition) is 3. The van der Waals surface area contributed by atoms with Crippen molar-refractivity contribution in [2.75, 3.05) is 5.73 Å². The van der Waals surface area contributed by atoms with E-state index in [1.165, 1.54) is 6.26 Å². The highest BCUT2D eigenvalue weighted by Gasteiger charge is 1.91. The topological polar surface area (TPSA) is 52.0 Å². The number of nitrogens with zero attached hydrogens (tertiary/aromatic N) is 1. The fourth-order valence-electron chi connectivity index (χ4n) is 0.300. The molecule has 1 aromatic heterocycles. The summed E-state index contributed by atoms with van der Waals surface area (Å²) in [6.07, 6.45) is 1.41. The maximum absolute atomic E-state index is 5.28. The Balaban J connectivity index is 0.000000291. The SMILES string of the molecule is CC.Cc1nocc1N. The Morgan fingerprint density at radius 1 is 1.56 bits per heavy atom. The van der Waals surface area contributed by atoms with Crippen molar-refractivity contribution in [3.8, 4) is 0 Å². The molecule has 2 N–H and O–H groups in total. The van der Waals surface area contributed by atoms with Gasteiger partial charge in [-0.15, -0.1) is 0 Å². The van der Waals surface area contributed by atoms with Crippen molar-refractivity contribution in [3.05, 3.63) is 12.0 Å². The third kappa shape index (κ3) is 2.17.